The van der Waals surface area contributed by atoms with Gasteiger partial charge in [-0.3, -0.25) is 18.9 Å². The average Bonchev–Trinajstić information content (AvgIpc) is 3.01. The number of aromatic amines is 1. The fraction of sp³-hybridized carbons (Fsp3) is 0.583. The number of nitrogen functional groups attached to an aromatic ring is 1. The Hall–Kier alpha value is -1.86. The lowest BCUT2D eigenvalue weighted by atomic mass is 10.1. The van der Waals surface area contributed by atoms with E-state index >= 15 is 0 Å². The summed E-state index contributed by atoms with van der Waals surface area (Å²) in [5, 5.41) is 10.3. The van der Waals surface area contributed by atoms with Crippen molar-refractivity contribution >= 4 is 24.9 Å². The van der Waals surface area contributed by atoms with E-state index < -0.39 is 44.5 Å². The maximum atomic E-state index is 12.1. The number of nitrogens with one attached hydrogen (secondary N) is 1. The fourth-order valence-corrected chi connectivity index (χ4v) is 3.30. The van der Waals surface area contributed by atoms with Crippen molar-refractivity contribution in [3.63, 3.8) is 0 Å². The van der Waals surface area contributed by atoms with Gasteiger partial charge in [-0.2, -0.15) is 0 Å². The summed E-state index contributed by atoms with van der Waals surface area (Å²) in [6.07, 6.45) is -2.63. The lowest BCUT2D eigenvalue weighted by Gasteiger charge is -2.16. The standard InChI is InChI=1S/C12H18N5O8P/c1-16-4-17(9-6(16)10(19)15-12(13)14-9)11-8(23-2)7(18)5(25-11)3-24-26(20,21)22/h4-5,7-8,11,18H,3H2,1-2H3,(H4-,13,14,15,19,20,21,22)/p+1/t5-,7?,8?,11-/m1/s1. The van der Waals surface area contributed by atoms with E-state index in [0.29, 0.717) is 0 Å². The Labute approximate surface area is 146 Å². The van der Waals surface area contributed by atoms with Gasteiger partial charge in [-0.05, 0) is 0 Å². The minimum Gasteiger partial charge on any atom is -0.387 e. The number of aliphatic hydroxyl groups is 1. The quantitative estimate of drug-likeness (QED) is 0.269. The molecule has 1 aliphatic rings. The molecule has 0 amide bonds. The van der Waals surface area contributed by atoms with E-state index in [0.717, 1.165) is 0 Å². The van der Waals surface area contributed by atoms with Crippen LogP contribution < -0.4 is 15.9 Å². The van der Waals surface area contributed by atoms with Crippen molar-refractivity contribution in [2.45, 2.75) is 24.5 Å². The van der Waals surface area contributed by atoms with Crippen LogP contribution in [0.2, 0.25) is 0 Å². The number of phosphoric acid groups is 1. The van der Waals surface area contributed by atoms with Crippen LogP contribution in [0.1, 0.15) is 6.23 Å². The molecule has 0 bridgehead atoms. The number of methoxy groups -OCH3 is 1. The molecule has 6 N–H and O–H groups in total. The fourth-order valence-electron chi connectivity index (χ4n) is 2.96. The Bertz CT molecular complexity index is 922. The smallest absolute Gasteiger partial charge is 0.387 e. The summed E-state index contributed by atoms with van der Waals surface area (Å²) in [6.45, 7) is -0.552. The van der Waals surface area contributed by atoms with Gasteiger partial charge in [0, 0.05) is 7.11 Å². The number of imidazole rings is 1. The van der Waals surface area contributed by atoms with E-state index in [-0.39, 0.29) is 17.1 Å². The first-order chi connectivity index (χ1) is 12.1. The first-order valence-electron chi connectivity index (χ1n) is 7.44. The number of phosphoric ester groups is 1. The average molecular weight is 392 g/mol. The number of fused-ring (bicyclic) bond motifs is 1. The SMILES string of the molecule is COC1C(O)[C@@H](COP(=O)(O)O)O[C@H]1[n+]1cn(C)c2c(=O)[nH]c(N)nc21. The normalized spacial score (nSPS) is 26.7. The summed E-state index contributed by atoms with van der Waals surface area (Å²) in [7, 11) is -1.77. The molecule has 2 aromatic rings. The number of hydrogen-bond acceptors (Lipinski definition) is 8. The molecule has 2 aromatic heterocycles. The van der Waals surface area contributed by atoms with Crippen LogP contribution in [0.3, 0.4) is 0 Å². The molecule has 3 rings (SSSR count). The zero-order chi connectivity index (χ0) is 19.2. The predicted molar refractivity (Wildman–Crippen MR) is 84.7 cm³/mol. The van der Waals surface area contributed by atoms with Gasteiger partial charge in [0.1, 0.15) is 18.3 Å². The summed E-state index contributed by atoms with van der Waals surface area (Å²) in [5.41, 5.74) is 5.57. The number of anilines is 1. The second-order valence-corrected chi connectivity index (χ2v) is 7.04. The Morgan fingerprint density at radius 2 is 2.23 bits per heavy atom. The first kappa shape index (κ1) is 18.9. The van der Waals surface area contributed by atoms with Crippen molar-refractivity contribution in [3.05, 3.63) is 16.7 Å². The number of hydrogen-bond donors (Lipinski definition) is 5. The first-order valence-corrected chi connectivity index (χ1v) is 8.97. The Morgan fingerprint density at radius 1 is 1.54 bits per heavy atom. The van der Waals surface area contributed by atoms with Gasteiger partial charge in [0.25, 0.3) is 11.5 Å². The summed E-state index contributed by atoms with van der Waals surface area (Å²) in [4.78, 5) is 36.2. The lowest BCUT2D eigenvalue weighted by molar-refractivity contribution is -0.746. The molecule has 26 heavy (non-hydrogen) atoms. The summed E-state index contributed by atoms with van der Waals surface area (Å²) < 4.78 is 29.2. The monoisotopic (exact) mass is 392 g/mol. The molecule has 0 aromatic carbocycles. The number of nitrogens with two attached hydrogens (primary N) is 1. The maximum Gasteiger partial charge on any atom is 0.469 e. The summed E-state index contributed by atoms with van der Waals surface area (Å²) in [6, 6.07) is 0. The topological polar surface area (TPSA) is 186 Å². The van der Waals surface area contributed by atoms with Gasteiger partial charge in [0.15, 0.2) is 6.33 Å². The van der Waals surface area contributed by atoms with E-state index in [9.17, 15) is 14.5 Å². The molecule has 0 saturated carbocycles. The third-order valence-corrected chi connectivity index (χ3v) is 4.54. The maximum absolute atomic E-state index is 12.1. The van der Waals surface area contributed by atoms with E-state index in [1.165, 1.54) is 22.6 Å². The predicted octanol–water partition coefficient (Wildman–Crippen LogP) is -2.49. The molecule has 14 heteroatoms. The molecule has 2 unspecified atom stereocenters. The largest absolute Gasteiger partial charge is 0.469 e. The second-order valence-electron chi connectivity index (χ2n) is 5.80. The van der Waals surface area contributed by atoms with E-state index in [1.54, 1.807) is 7.05 Å². The molecular formula is C12H19N5O8P+. The van der Waals surface area contributed by atoms with Crippen LogP contribution in [0.15, 0.2) is 11.1 Å². The highest BCUT2D eigenvalue weighted by Gasteiger charge is 2.48. The highest BCUT2D eigenvalue weighted by molar-refractivity contribution is 7.46. The van der Waals surface area contributed by atoms with Crippen LogP contribution in [0.4, 0.5) is 5.95 Å². The number of ether oxygens (including phenoxy) is 2. The minimum absolute atomic E-state index is 0.101. The van der Waals surface area contributed by atoms with Gasteiger partial charge in [0.05, 0.1) is 13.7 Å². The van der Waals surface area contributed by atoms with Crippen LogP contribution in [0.25, 0.3) is 11.2 Å². The minimum atomic E-state index is -4.73. The highest BCUT2D eigenvalue weighted by atomic mass is 31.2. The van der Waals surface area contributed by atoms with Crippen molar-refractivity contribution in [3.8, 4) is 0 Å². The zero-order valence-corrected chi connectivity index (χ0v) is 14.7. The number of aryl methyl sites for hydroxylation is 1. The van der Waals surface area contributed by atoms with Crippen LogP contribution >= 0.6 is 7.82 Å². The van der Waals surface area contributed by atoms with Gasteiger partial charge in [-0.1, -0.05) is 4.98 Å². The molecule has 0 aliphatic carbocycles. The van der Waals surface area contributed by atoms with E-state index in [2.05, 4.69) is 14.5 Å². The van der Waals surface area contributed by atoms with Crippen molar-refractivity contribution < 1.29 is 38.0 Å². The molecule has 13 nitrogen and oxygen atoms in total. The molecule has 1 fully saturated rings. The van der Waals surface area contributed by atoms with Crippen molar-refractivity contribution in [1.29, 1.82) is 0 Å². The third-order valence-electron chi connectivity index (χ3n) is 4.06. The summed E-state index contributed by atoms with van der Waals surface area (Å²) >= 11 is 0. The number of H-pyrrole nitrogens is 1. The molecule has 0 spiro atoms. The molecule has 0 radical (unpaired) electrons. The molecule has 1 aliphatic heterocycles. The Morgan fingerprint density at radius 3 is 2.85 bits per heavy atom. The number of nitrogens with zero attached hydrogens (tertiary/aromatic N) is 3. The third kappa shape index (κ3) is 3.38. The van der Waals surface area contributed by atoms with E-state index in [1.807, 2.05) is 0 Å². The van der Waals surface area contributed by atoms with Crippen molar-refractivity contribution in [2.75, 3.05) is 19.5 Å². The zero-order valence-electron chi connectivity index (χ0n) is 13.8. The summed E-state index contributed by atoms with van der Waals surface area (Å²) in [5.74, 6) is -0.101. The Kier molecular flexibility index (Phi) is 4.88. The van der Waals surface area contributed by atoms with Gasteiger partial charge < -0.3 is 30.1 Å². The van der Waals surface area contributed by atoms with Crippen molar-refractivity contribution in [2.24, 2.45) is 7.05 Å². The van der Waals surface area contributed by atoms with Gasteiger partial charge >= 0.3 is 13.5 Å². The van der Waals surface area contributed by atoms with Gasteiger partial charge in [-0.25, -0.2) is 9.13 Å². The molecule has 3 heterocycles. The van der Waals surface area contributed by atoms with Crippen LogP contribution in [0.5, 0.6) is 0 Å². The van der Waals surface area contributed by atoms with Crippen LogP contribution in [0, 0.1) is 0 Å². The van der Waals surface area contributed by atoms with Crippen LogP contribution in [-0.2, 0) is 25.6 Å². The van der Waals surface area contributed by atoms with Crippen molar-refractivity contribution in [1.82, 2.24) is 14.5 Å². The van der Waals surface area contributed by atoms with Gasteiger partial charge in [-0.15, -0.1) is 0 Å². The second kappa shape index (κ2) is 6.70. The molecule has 144 valence electrons. The number of aliphatic hydroxyl groups excluding tert-OH is 1. The number of rotatable bonds is 5. The highest BCUT2D eigenvalue weighted by Crippen LogP contribution is 2.38. The number of aromatic nitrogens is 4. The van der Waals surface area contributed by atoms with Crippen LogP contribution in [-0.4, -0.2) is 61.5 Å². The molecule has 4 atom stereocenters. The lowest BCUT2D eigenvalue weighted by Crippen LogP contribution is -2.47. The van der Waals surface area contributed by atoms with E-state index in [4.69, 9.17) is 25.0 Å². The molecular weight excluding hydrogens is 373 g/mol. The van der Waals surface area contributed by atoms with Gasteiger partial charge in [0.2, 0.25) is 11.7 Å². The molecule has 1 saturated heterocycles. The Balaban J connectivity index is 1.99.